The van der Waals surface area contributed by atoms with Gasteiger partial charge >= 0.3 is 5.69 Å². The minimum atomic E-state index is -3.62. The van der Waals surface area contributed by atoms with E-state index in [9.17, 15) is 18.0 Å². The van der Waals surface area contributed by atoms with Crippen molar-refractivity contribution in [3.63, 3.8) is 0 Å². The molecule has 120 valence electrons. The Bertz CT molecular complexity index is 822. The van der Waals surface area contributed by atoms with Crippen LogP contribution in [0.3, 0.4) is 0 Å². The van der Waals surface area contributed by atoms with Gasteiger partial charge in [0.15, 0.2) is 0 Å². The molecule has 22 heavy (non-hydrogen) atoms. The SMILES string of the molecule is CC(=O)NCCCCNS(=O)(=O)c1ccc2[nH]c(=O)[nH]c2c1. The molecule has 2 aromatic rings. The third-order valence-electron chi connectivity index (χ3n) is 3.07. The normalized spacial score (nSPS) is 11.7. The first kappa shape index (κ1) is 16.2. The molecule has 0 spiro atoms. The fourth-order valence-electron chi connectivity index (χ4n) is 1.98. The number of benzene rings is 1. The van der Waals surface area contributed by atoms with Gasteiger partial charge in [-0.1, -0.05) is 0 Å². The van der Waals surface area contributed by atoms with Crippen LogP contribution in [0.4, 0.5) is 0 Å². The molecule has 0 atom stereocenters. The Balaban J connectivity index is 1.94. The van der Waals surface area contributed by atoms with Crippen LogP contribution in [0, 0.1) is 0 Å². The highest BCUT2D eigenvalue weighted by molar-refractivity contribution is 7.89. The Hall–Kier alpha value is -2.13. The second kappa shape index (κ2) is 6.75. The summed E-state index contributed by atoms with van der Waals surface area (Å²) < 4.78 is 26.8. The van der Waals surface area contributed by atoms with Crippen LogP contribution >= 0.6 is 0 Å². The molecule has 0 bridgehead atoms. The molecular weight excluding hydrogens is 308 g/mol. The lowest BCUT2D eigenvalue weighted by atomic mass is 10.3. The summed E-state index contributed by atoms with van der Waals surface area (Å²) in [6, 6.07) is 4.39. The van der Waals surface area contributed by atoms with Crippen molar-refractivity contribution < 1.29 is 13.2 Å². The quantitative estimate of drug-likeness (QED) is 0.537. The van der Waals surface area contributed by atoms with E-state index in [2.05, 4.69) is 20.0 Å². The molecule has 0 fully saturated rings. The number of unbranched alkanes of at least 4 members (excludes halogenated alkanes) is 1. The second-order valence-corrected chi connectivity index (χ2v) is 6.64. The Morgan fingerprint density at radius 2 is 1.82 bits per heavy atom. The highest BCUT2D eigenvalue weighted by Gasteiger charge is 2.14. The lowest BCUT2D eigenvalue weighted by molar-refractivity contribution is -0.118. The maximum Gasteiger partial charge on any atom is 0.323 e. The number of fused-ring (bicyclic) bond motifs is 1. The molecule has 8 nitrogen and oxygen atoms in total. The largest absolute Gasteiger partial charge is 0.356 e. The Labute approximate surface area is 127 Å². The lowest BCUT2D eigenvalue weighted by Crippen LogP contribution is -2.26. The molecule has 9 heteroatoms. The molecule has 0 aliphatic rings. The van der Waals surface area contributed by atoms with Crippen molar-refractivity contribution in [3.8, 4) is 0 Å². The predicted molar refractivity (Wildman–Crippen MR) is 82.0 cm³/mol. The molecule has 0 radical (unpaired) electrons. The highest BCUT2D eigenvalue weighted by atomic mass is 32.2. The van der Waals surface area contributed by atoms with Crippen LogP contribution in [0.15, 0.2) is 27.9 Å². The van der Waals surface area contributed by atoms with E-state index in [1.54, 1.807) is 6.07 Å². The van der Waals surface area contributed by atoms with Crippen LogP contribution in [-0.2, 0) is 14.8 Å². The van der Waals surface area contributed by atoms with Gasteiger partial charge in [0.2, 0.25) is 15.9 Å². The number of aromatic amines is 2. The first-order chi connectivity index (χ1) is 10.4. The number of imidazole rings is 1. The van der Waals surface area contributed by atoms with E-state index < -0.39 is 10.0 Å². The van der Waals surface area contributed by atoms with Crippen LogP contribution < -0.4 is 15.7 Å². The van der Waals surface area contributed by atoms with E-state index >= 15 is 0 Å². The standard InChI is InChI=1S/C13H18N4O4S/c1-9(18)14-6-2-3-7-15-22(20,21)10-4-5-11-12(8-10)17-13(19)16-11/h4-5,8,15H,2-3,6-7H2,1H3,(H,14,18)(H2,16,17,19). The van der Waals surface area contributed by atoms with Crippen molar-refractivity contribution in [1.82, 2.24) is 20.0 Å². The minimum Gasteiger partial charge on any atom is -0.356 e. The minimum absolute atomic E-state index is 0.0945. The number of H-pyrrole nitrogens is 2. The van der Waals surface area contributed by atoms with Crippen LogP contribution in [0.25, 0.3) is 11.0 Å². The molecule has 1 aromatic carbocycles. The number of sulfonamides is 1. The summed E-state index contributed by atoms with van der Waals surface area (Å²) in [5, 5.41) is 2.64. The molecule has 2 rings (SSSR count). The third kappa shape index (κ3) is 4.18. The molecule has 1 heterocycles. The van der Waals surface area contributed by atoms with Crippen molar-refractivity contribution in [3.05, 3.63) is 28.7 Å². The van der Waals surface area contributed by atoms with Crippen LogP contribution in [-0.4, -0.2) is 37.4 Å². The Kier molecular flexibility index (Phi) is 4.99. The summed E-state index contributed by atoms with van der Waals surface area (Å²) >= 11 is 0. The summed E-state index contributed by atoms with van der Waals surface area (Å²) in [5.41, 5.74) is 0.619. The number of carbonyl (C=O) groups is 1. The molecule has 0 saturated heterocycles. The lowest BCUT2D eigenvalue weighted by Gasteiger charge is -2.07. The first-order valence-corrected chi connectivity index (χ1v) is 8.33. The van der Waals surface area contributed by atoms with Crippen LogP contribution in [0.1, 0.15) is 19.8 Å². The molecule has 0 aliphatic heterocycles. The van der Waals surface area contributed by atoms with Gasteiger partial charge in [-0.3, -0.25) is 4.79 Å². The number of nitrogens with one attached hydrogen (secondary N) is 4. The van der Waals surface area contributed by atoms with Gasteiger partial charge in [0.1, 0.15) is 0 Å². The van der Waals surface area contributed by atoms with Crippen molar-refractivity contribution in [2.75, 3.05) is 13.1 Å². The van der Waals surface area contributed by atoms with Gasteiger partial charge in [0, 0.05) is 20.0 Å². The van der Waals surface area contributed by atoms with Crippen LogP contribution in [0.2, 0.25) is 0 Å². The smallest absolute Gasteiger partial charge is 0.323 e. The number of carbonyl (C=O) groups excluding carboxylic acids is 1. The van der Waals surface area contributed by atoms with Crippen LogP contribution in [0.5, 0.6) is 0 Å². The van der Waals surface area contributed by atoms with Gasteiger partial charge in [-0.2, -0.15) is 0 Å². The van der Waals surface area contributed by atoms with Gasteiger partial charge in [-0.05, 0) is 31.0 Å². The summed E-state index contributed by atoms with van der Waals surface area (Å²) in [5.74, 6) is -0.102. The highest BCUT2D eigenvalue weighted by Crippen LogP contribution is 2.14. The average Bonchev–Trinajstić information content (AvgIpc) is 2.81. The summed E-state index contributed by atoms with van der Waals surface area (Å²) in [4.78, 5) is 27.0. The third-order valence-corrected chi connectivity index (χ3v) is 4.53. The zero-order chi connectivity index (χ0) is 16.2. The van der Waals surface area contributed by atoms with Crippen molar-refractivity contribution in [2.45, 2.75) is 24.7 Å². The number of amides is 1. The average molecular weight is 326 g/mol. The van der Waals surface area contributed by atoms with Gasteiger partial charge < -0.3 is 15.3 Å². The number of hydrogen-bond donors (Lipinski definition) is 4. The van der Waals surface area contributed by atoms with E-state index in [0.717, 1.165) is 0 Å². The van der Waals surface area contributed by atoms with Crippen molar-refractivity contribution in [2.24, 2.45) is 0 Å². The van der Waals surface area contributed by atoms with Gasteiger partial charge in [-0.25, -0.2) is 17.9 Å². The summed E-state index contributed by atoms with van der Waals surface area (Å²) in [7, 11) is -3.62. The molecular formula is C13H18N4O4S. The van der Waals surface area contributed by atoms with Gasteiger partial charge in [0.05, 0.1) is 15.9 Å². The van der Waals surface area contributed by atoms with E-state index in [0.29, 0.717) is 30.4 Å². The van der Waals surface area contributed by atoms with Crippen molar-refractivity contribution >= 4 is 27.0 Å². The zero-order valence-corrected chi connectivity index (χ0v) is 12.9. The molecule has 1 amide bonds. The number of hydrogen-bond acceptors (Lipinski definition) is 4. The summed E-state index contributed by atoms with van der Waals surface area (Å²) in [6.07, 6.45) is 1.30. The maximum atomic E-state index is 12.1. The van der Waals surface area contributed by atoms with E-state index in [1.807, 2.05) is 0 Å². The Morgan fingerprint density at radius 1 is 1.14 bits per heavy atom. The van der Waals surface area contributed by atoms with E-state index in [-0.39, 0.29) is 23.0 Å². The Morgan fingerprint density at radius 3 is 2.55 bits per heavy atom. The molecule has 0 saturated carbocycles. The first-order valence-electron chi connectivity index (χ1n) is 6.84. The van der Waals surface area contributed by atoms with E-state index in [4.69, 9.17) is 0 Å². The number of aromatic nitrogens is 2. The van der Waals surface area contributed by atoms with Crippen molar-refractivity contribution in [1.29, 1.82) is 0 Å². The maximum absolute atomic E-state index is 12.1. The topological polar surface area (TPSA) is 124 Å². The predicted octanol–water partition coefficient (Wildman–Crippen LogP) is 0.0508. The second-order valence-electron chi connectivity index (χ2n) is 4.87. The summed E-state index contributed by atoms with van der Waals surface area (Å²) in [6.45, 7) is 2.24. The zero-order valence-electron chi connectivity index (χ0n) is 12.1. The van der Waals surface area contributed by atoms with E-state index in [1.165, 1.54) is 19.1 Å². The molecule has 4 N–H and O–H groups in total. The fraction of sp³-hybridized carbons (Fsp3) is 0.385. The van der Waals surface area contributed by atoms with Gasteiger partial charge in [-0.15, -0.1) is 0 Å². The molecule has 0 aliphatic carbocycles. The van der Waals surface area contributed by atoms with Gasteiger partial charge in [0.25, 0.3) is 0 Å². The molecule has 1 aromatic heterocycles. The monoisotopic (exact) mass is 326 g/mol. The molecule has 0 unspecified atom stereocenters. The number of rotatable bonds is 7. The fourth-order valence-corrected chi connectivity index (χ4v) is 3.08.